The van der Waals surface area contributed by atoms with E-state index >= 15 is 0 Å². The van der Waals surface area contributed by atoms with Crippen molar-refractivity contribution in [1.29, 1.82) is 0 Å². The van der Waals surface area contributed by atoms with Gasteiger partial charge in [0.1, 0.15) is 12.4 Å². The second-order valence-corrected chi connectivity index (χ2v) is 13.8. The predicted octanol–water partition coefficient (Wildman–Crippen LogP) is 5.09. The van der Waals surface area contributed by atoms with Crippen molar-refractivity contribution in [1.82, 2.24) is 29.3 Å². The lowest BCUT2D eigenvalue weighted by Gasteiger charge is -2.37. The molecule has 5 rings (SSSR count). The molecule has 0 radical (unpaired) electrons. The number of carboxylic acid groups (broad SMARTS) is 1. The highest BCUT2D eigenvalue weighted by Gasteiger charge is 2.33. The normalized spacial score (nSPS) is 16.2. The summed E-state index contributed by atoms with van der Waals surface area (Å²) in [6.07, 6.45) is 2.93. The number of carbonyl (C=O) groups excluding carboxylic acids is 1. The molecule has 42 heavy (non-hydrogen) atoms. The van der Waals surface area contributed by atoms with Crippen LogP contribution in [0.25, 0.3) is 11.2 Å². The third kappa shape index (κ3) is 6.54. The number of likely N-dealkylation sites (tertiary alicyclic amines) is 1. The number of halogens is 1. The molecule has 2 aliphatic heterocycles. The first kappa shape index (κ1) is 30.2. The van der Waals surface area contributed by atoms with Gasteiger partial charge in [0.2, 0.25) is 12.7 Å². The van der Waals surface area contributed by atoms with E-state index in [0.717, 1.165) is 33.8 Å². The summed E-state index contributed by atoms with van der Waals surface area (Å²) in [5.41, 5.74) is 7.15. The number of amides is 2. The average Bonchev–Trinajstić information content (AvgIpc) is 3.54. The summed E-state index contributed by atoms with van der Waals surface area (Å²) < 4.78 is 14.0. The number of benzene rings is 1. The Hall–Kier alpha value is -3.26. The van der Waals surface area contributed by atoms with E-state index in [0.29, 0.717) is 60.6 Å². The Morgan fingerprint density at radius 3 is 2.57 bits per heavy atom. The van der Waals surface area contributed by atoms with E-state index in [2.05, 4.69) is 30.5 Å². The van der Waals surface area contributed by atoms with Crippen LogP contribution in [0, 0.1) is 11.3 Å². The number of anilines is 1. The van der Waals surface area contributed by atoms with Crippen LogP contribution in [-0.4, -0.2) is 78.9 Å². The Morgan fingerprint density at radius 1 is 1.21 bits per heavy atom. The highest BCUT2D eigenvalue weighted by molar-refractivity contribution is 9.10. The third-order valence-corrected chi connectivity index (χ3v) is 9.53. The molecule has 4 heterocycles. The van der Waals surface area contributed by atoms with Gasteiger partial charge in [0.15, 0.2) is 33.6 Å². The van der Waals surface area contributed by atoms with E-state index < -0.39 is 12.1 Å². The summed E-state index contributed by atoms with van der Waals surface area (Å²) in [5.74, 6) is 1.96. The molecule has 12 nitrogen and oxygen atoms in total. The van der Waals surface area contributed by atoms with Crippen LogP contribution in [-0.2, 0) is 11.3 Å². The lowest BCUT2D eigenvalue weighted by molar-refractivity contribution is -0.137. The Kier molecular flexibility index (Phi) is 8.74. The van der Waals surface area contributed by atoms with Crippen LogP contribution in [0.4, 0.5) is 10.6 Å². The molecule has 226 valence electrons. The molecule has 2 amide bonds. The van der Waals surface area contributed by atoms with Crippen LogP contribution < -0.4 is 15.2 Å². The number of nitrogens with zero attached hydrogens (tertiary/aromatic N) is 6. The van der Waals surface area contributed by atoms with Gasteiger partial charge in [-0.1, -0.05) is 32.5 Å². The second kappa shape index (κ2) is 12.2. The lowest BCUT2D eigenvalue weighted by Crippen LogP contribution is -2.52. The number of piperidine rings is 1. The predicted molar refractivity (Wildman–Crippen MR) is 162 cm³/mol. The van der Waals surface area contributed by atoms with Crippen LogP contribution in [0.1, 0.15) is 47.0 Å². The van der Waals surface area contributed by atoms with Gasteiger partial charge in [-0.15, -0.1) is 0 Å². The lowest BCUT2D eigenvalue weighted by atomic mass is 9.92. The number of imidazole rings is 1. The Labute approximate surface area is 257 Å². The van der Waals surface area contributed by atoms with E-state index in [-0.39, 0.29) is 18.1 Å². The molecule has 1 fully saturated rings. The van der Waals surface area contributed by atoms with Crippen LogP contribution in [0.3, 0.4) is 0 Å². The van der Waals surface area contributed by atoms with Gasteiger partial charge in [0, 0.05) is 35.5 Å². The van der Waals surface area contributed by atoms with Crippen LogP contribution >= 0.6 is 27.7 Å². The molecule has 3 N–H and O–H groups in total. The molecule has 2 aromatic heterocycles. The van der Waals surface area contributed by atoms with Crippen molar-refractivity contribution in [3.05, 3.63) is 22.9 Å². The highest BCUT2D eigenvalue weighted by Crippen LogP contribution is 2.43. The second-order valence-electron chi connectivity index (χ2n) is 11.9. The first-order valence-electron chi connectivity index (χ1n) is 13.9. The van der Waals surface area contributed by atoms with Gasteiger partial charge >= 0.3 is 6.09 Å². The topological polar surface area (TPSA) is 149 Å². The van der Waals surface area contributed by atoms with Crippen molar-refractivity contribution in [2.75, 3.05) is 32.2 Å². The average molecular weight is 663 g/mol. The number of hydrogen-bond acceptors (Lipinski definition) is 9. The van der Waals surface area contributed by atoms with E-state index in [9.17, 15) is 14.7 Å². The molecule has 1 aromatic carbocycles. The summed E-state index contributed by atoms with van der Waals surface area (Å²) in [4.78, 5) is 42.5. The highest BCUT2D eigenvalue weighted by atomic mass is 79.9. The molecule has 0 bridgehead atoms. The van der Waals surface area contributed by atoms with Crippen molar-refractivity contribution >= 4 is 56.7 Å². The van der Waals surface area contributed by atoms with Crippen LogP contribution in [0.5, 0.6) is 11.5 Å². The number of rotatable bonds is 8. The van der Waals surface area contributed by atoms with Gasteiger partial charge in [-0.3, -0.25) is 9.69 Å². The zero-order valence-corrected chi connectivity index (χ0v) is 26.6. The van der Waals surface area contributed by atoms with Crippen LogP contribution in [0.2, 0.25) is 0 Å². The maximum atomic E-state index is 13.2. The molecule has 3 aromatic rings. The van der Waals surface area contributed by atoms with Gasteiger partial charge in [-0.05, 0) is 65.6 Å². The molecular weight excluding hydrogens is 626 g/mol. The van der Waals surface area contributed by atoms with Gasteiger partial charge in [-0.2, -0.15) is 0 Å². The maximum Gasteiger partial charge on any atom is 0.407 e. The summed E-state index contributed by atoms with van der Waals surface area (Å²) in [5, 5.41) is 10.5. The number of aromatic nitrogens is 4. The number of aryl methyl sites for hydroxylation is 1. The number of fused-ring (bicyclic) bond motifs is 2. The number of hydrogen-bond donors (Lipinski definition) is 2. The molecule has 1 saturated heterocycles. The summed E-state index contributed by atoms with van der Waals surface area (Å²) in [7, 11) is 0. The summed E-state index contributed by atoms with van der Waals surface area (Å²) in [6.45, 7) is 9.94. The Balaban J connectivity index is 1.26. The number of ether oxygens (including phenoxy) is 2. The first-order valence-corrected chi connectivity index (χ1v) is 15.5. The molecular formula is C28H36BrN7O5S. The fourth-order valence-electron chi connectivity index (χ4n) is 5.32. The third-order valence-electron chi connectivity index (χ3n) is 7.56. The van der Waals surface area contributed by atoms with E-state index in [4.69, 9.17) is 20.2 Å². The number of carbonyl (C=O) groups is 2. The first-order chi connectivity index (χ1) is 19.9. The van der Waals surface area contributed by atoms with E-state index in [1.807, 2.05) is 32.9 Å². The zero-order valence-electron chi connectivity index (χ0n) is 24.2. The van der Waals surface area contributed by atoms with Gasteiger partial charge in [0.25, 0.3) is 0 Å². The monoisotopic (exact) mass is 661 g/mol. The van der Waals surface area contributed by atoms with Gasteiger partial charge in [-0.25, -0.2) is 19.7 Å². The van der Waals surface area contributed by atoms with E-state index in [1.54, 1.807) is 11.8 Å². The molecule has 0 spiro atoms. The number of nitrogens with two attached hydrogens (primary N) is 1. The van der Waals surface area contributed by atoms with Crippen molar-refractivity contribution in [3.63, 3.8) is 0 Å². The Morgan fingerprint density at radius 2 is 1.90 bits per heavy atom. The standard InChI is InChI=1S/C28H36BrN7O5S/c1-16(36(27(38)39)13-28(2,3)4)25(37)34-8-5-17(6-9-34)7-10-35-24-22(23(30)31-14-32-24)33-26(35)42-21-12-20-19(11-18(21)29)40-15-41-20/h11-12,14,16-17H,5-10,13,15H2,1-4H3,(H,38,39)(H2,30,31,32)/t16-/m1/s1. The number of nitrogen functional groups attached to an aromatic ring is 1. The summed E-state index contributed by atoms with van der Waals surface area (Å²) in [6, 6.07) is 3.09. The summed E-state index contributed by atoms with van der Waals surface area (Å²) >= 11 is 5.12. The fraction of sp³-hybridized carbons (Fsp3) is 0.536. The van der Waals surface area contributed by atoms with Crippen molar-refractivity contribution in [2.45, 2.75) is 69.6 Å². The van der Waals surface area contributed by atoms with Crippen molar-refractivity contribution in [3.8, 4) is 11.5 Å². The smallest absolute Gasteiger partial charge is 0.407 e. The van der Waals surface area contributed by atoms with Crippen molar-refractivity contribution < 1.29 is 24.2 Å². The molecule has 0 unspecified atom stereocenters. The van der Waals surface area contributed by atoms with E-state index in [1.165, 1.54) is 23.0 Å². The molecule has 14 heteroatoms. The molecule has 0 saturated carbocycles. The minimum atomic E-state index is -1.07. The largest absolute Gasteiger partial charge is 0.465 e. The van der Waals surface area contributed by atoms with Gasteiger partial charge in [0.05, 0.1) is 0 Å². The van der Waals surface area contributed by atoms with Crippen LogP contribution in [0.15, 0.2) is 33.0 Å². The van der Waals surface area contributed by atoms with Gasteiger partial charge < -0.3 is 29.8 Å². The van der Waals surface area contributed by atoms with Crippen molar-refractivity contribution in [2.24, 2.45) is 11.3 Å². The minimum absolute atomic E-state index is 0.138. The molecule has 1 atom stereocenters. The zero-order chi connectivity index (χ0) is 30.2. The Bertz CT molecular complexity index is 1490. The molecule has 2 aliphatic rings. The SMILES string of the molecule is C[C@H](C(=O)N1CCC(CCn2c(Sc3cc4c(cc3Br)OCO4)nc3c(N)ncnc32)CC1)N(CC(C)(C)C)C(=O)O. The fourth-order valence-corrected chi connectivity index (χ4v) is 6.83. The quantitative estimate of drug-likeness (QED) is 0.334. The minimum Gasteiger partial charge on any atom is -0.465 e. The maximum absolute atomic E-state index is 13.2. The molecule has 0 aliphatic carbocycles.